The summed E-state index contributed by atoms with van der Waals surface area (Å²) in [5, 5.41) is 6.32. The predicted molar refractivity (Wildman–Crippen MR) is 121 cm³/mol. The third-order valence-corrected chi connectivity index (χ3v) is 6.24. The van der Waals surface area contributed by atoms with E-state index in [-0.39, 0.29) is 55.9 Å². The molecule has 2 N–H and O–H groups in total. The molecule has 0 aliphatic carbocycles. The van der Waals surface area contributed by atoms with Crippen molar-refractivity contribution in [3.05, 3.63) is 29.8 Å². The molecule has 0 radical (unpaired) electrons. The monoisotopic (exact) mass is 564 g/mol. The van der Waals surface area contributed by atoms with Crippen LogP contribution in [0.2, 0.25) is 0 Å². The zero-order valence-corrected chi connectivity index (χ0v) is 20.1. The van der Waals surface area contributed by atoms with E-state index >= 15 is 0 Å². The number of ether oxygens (including phenoxy) is 1. The number of piperidine rings is 1. The Morgan fingerprint density at radius 2 is 1.90 bits per heavy atom. The van der Waals surface area contributed by atoms with Gasteiger partial charge in [0.25, 0.3) is 0 Å². The molecule has 172 valence electrons. The van der Waals surface area contributed by atoms with Crippen LogP contribution in [0, 0.1) is 0 Å². The van der Waals surface area contributed by atoms with Gasteiger partial charge in [0.15, 0.2) is 5.96 Å². The van der Waals surface area contributed by atoms with E-state index in [4.69, 9.17) is 4.74 Å². The Bertz CT molecular complexity index is 798. The molecule has 0 atom stereocenters. The first-order chi connectivity index (χ1) is 13.7. The lowest BCUT2D eigenvalue weighted by atomic mass is 10.1. The third-order valence-electron chi connectivity index (χ3n) is 4.61. The molecular weight excluding hydrogens is 536 g/mol. The molecule has 0 bridgehead atoms. The summed E-state index contributed by atoms with van der Waals surface area (Å²) >= 11 is 0. The Morgan fingerprint density at radius 3 is 2.47 bits per heavy atom. The summed E-state index contributed by atoms with van der Waals surface area (Å²) in [6.07, 6.45) is 1.24. The Hall–Kier alpha value is -1.28. The van der Waals surface area contributed by atoms with E-state index in [2.05, 4.69) is 15.6 Å². The molecule has 1 fully saturated rings. The molecule has 1 aliphatic heterocycles. The van der Waals surface area contributed by atoms with Crippen LogP contribution in [-0.2, 0) is 16.4 Å². The standard InChI is InChI=1S/C18H27F3N4O3S.HI/c1-3-28-16-7-5-4-6-14(16)8-11-23-17(22-2)24-15-9-12-25(13-10-15)29(26,27)18(19,20)21;/h4-7,15H,3,8-13H2,1-2H3,(H2,22,23,24);1H. The first kappa shape index (κ1) is 26.8. The molecule has 12 heteroatoms. The summed E-state index contributed by atoms with van der Waals surface area (Å²) in [4.78, 5) is 4.13. The largest absolute Gasteiger partial charge is 0.511 e. The highest BCUT2D eigenvalue weighted by atomic mass is 127. The van der Waals surface area contributed by atoms with Gasteiger partial charge in [0.1, 0.15) is 5.75 Å². The van der Waals surface area contributed by atoms with E-state index in [1.165, 1.54) is 0 Å². The fourth-order valence-electron chi connectivity index (χ4n) is 3.10. The molecule has 0 spiro atoms. The van der Waals surface area contributed by atoms with Crippen LogP contribution in [0.4, 0.5) is 13.2 Å². The van der Waals surface area contributed by atoms with E-state index in [0.29, 0.717) is 29.8 Å². The Balaban J connectivity index is 0.00000450. The highest BCUT2D eigenvalue weighted by molar-refractivity contribution is 14.0. The minimum atomic E-state index is -5.26. The molecule has 1 heterocycles. The van der Waals surface area contributed by atoms with Crippen molar-refractivity contribution in [2.45, 2.75) is 37.7 Å². The second kappa shape index (κ2) is 11.9. The molecule has 1 aliphatic rings. The Kier molecular flexibility index (Phi) is 10.6. The Morgan fingerprint density at radius 1 is 1.27 bits per heavy atom. The number of halogens is 4. The smallest absolute Gasteiger partial charge is 0.494 e. The highest BCUT2D eigenvalue weighted by Crippen LogP contribution is 2.28. The van der Waals surface area contributed by atoms with Crippen molar-refractivity contribution in [3.63, 3.8) is 0 Å². The maximum absolute atomic E-state index is 12.7. The summed E-state index contributed by atoms with van der Waals surface area (Å²) in [5.41, 5.74) is -4.20. The van der Waals surface area contributed by atoms with Crippen molar-refractivity contribution >= 4 is 40.0 Å². The van der Waals surface area contributed by atoms with Crippen LogP contribution in [0.15, 0.2) is 29.3 Å². The van der Waals surface area contributed by atoms with Crippen molar-refractivity contribution in [1.82, 2.24) is 14.9 Å². The quantitative estimate of drug-likeness (QED) is 0.303. The highest BCUT2D eigenvalue weighted by Gasteiger charge is 2.50. The van der Waals surface area contributed by atoms with Gasteiger partial charge in [-0.1, -0.05) is 18.2 Å². The number of nitrogens with zero attached hydrogens (tertiary/aromatic N) is 2. The minimum Gasteiger partial charge on any atom is -0.494 e. The van der Waals surface area contributed by atoms with E-state index in [1.54, 1.807) is 7.05 Å². The molecule has 0 aromatic heterocycles. The van der Waals surface area contributed by atoms with Crippen molar-refractivity contribution < 1.29 is 26.3 Å². The van der Waals surface area contributed by atoms with E-state index < -0.39 is 15.5 Å². The second-order valence-corrected chi connectivity index (χ2v) is 8.49. The van der Waals surface area contributed by atoms with Gasteiger partial charge in [-0.25, -0.2) is 8.42 Å². The lowest BCUT2D eigenvalue weighted by molar-refractivity contribution is -0.0494. The summed E-state index contributed by atoms with van der Waals surface area (Å²) < 4.78 is 67.0. The minimum absolute atomic E-state index is 0. The van der Waals surface area contributed by atoms with Gasteiger partial charge in [-0.05, 0) is 37.8 Å². The van der Waals surface area contributed by atoms with Gasteiger partial charge in [-0.15, -0.1) is 24.0 Å². The Labute approximate surface area is 192 Å². The zero-order chi connectivity index (χ0) is 21.5. The molecule has 2 rings (SSSR count). The van der Waals surface area contributed by atoms with Gasteiger partial charge in [-0.2, -0.15) is 17.5 Å². The van der Waals surface area contributed by atoms with E-state index in [1.807, 2.05) is 31.2 Å². The summed E-state index contributed by atoms with van der Waals surface area (Å²) in [5.74, 6) is 1.36. The lowest BCUT2D eigenvalue weighted by Gasteiger charge is -2.32. The van der Waals surface area contributed by atoms with Gasteiger partial charge < -0.3 is 15.4 Å². The number of benzene rings is 1. The number of nitrogens with one attached hydrogen (secondary N) is 2. The van der Waals surface area contributed by atoms with Gasteiger partial charge in [0, 0.05) is 32.7 Å². The van der Waals surface area contributed by atoms with Gasteiger partial charge in [-0.3, -0.25) is 4.99 Å². The molecule has 7 nitrogen and oxygen atoms in total. The van der Waals surface area contributed by atoms with Gasteiger partial charge in [0.05, 0.1) is 6.61 Å². The molecular formula is C18H28F3IN4O3S. The number of guanidine groups is 1. The maximum atomic E-state index is 12.7. The van der Waals surface area contributed by atoms with Crippen LogP contribution in [0.3, 0.4) is 0 Å². The van der Waals surface area contributed by atoms with Crippen LogP contribution in [-0.4, -0.2) is 63.5 Å². The lowest BCUT2D eigenvalue weighted by Crippen LogP contribution is -2.51. The first-order valence-electron chi connectivity index (χ1n) is 9.43. The molecule has 0 amide bonds. The van der Waals surface area contributed by atoms with Crippen molar-refractivity contribution in [3.8, 4) is 5.75 Å². The fraction of sp³-hybridized carbons (Fsp3) is 0.611. The van der Waals surface area contributed by atoms with Crippen LogP contribution in [0.25, 0.3) is 0 Å². The van der Waals surface area contributed by atoms with Gasteiger partial charge in [0.2, 0.25) is 0 Å². The second-order valence-electron chi connectivity index (χ2n) is 6.56. The normalized spacial score (nSPS) is 16.6. The number of sulfonamides is 1. The average molecular weight is 564 g/mol. The number of hydrogen-bond donors (Lipinski definition) is 2. The third kappa shape index (κ3) is 7.15. The molecule has 30 heavy (non-hydrogen) atoms. The van der Waals surface area contributed by atoms with E-state index in [0.717, 1.165) is 11.3 Å². The van der Waals surface area contributed by atoms with Crippen LogP contribution in [0.1, 0.15) is 25.3 Å². The number of aliphatic imine (C=N–C) groups is 1. The van der Waals surface area contributed by atoms with Crippen molar-refractivity contribution in [2.24, 2.45) is 4.99 Å². The van der Waals surface area contributed by atoms with Crippen LogP contribution >= 0.6 is 24.0 Å². The van der Waals surface area contributed by atoms with Crippen molar-refractivity contribution in [1.29, 1.82) is 0 Å². The summed E-state index contributed by atoms with van der Waals surface area (Å²) in [6.45, 7) is 2.73. The SMILES string of the molecule is CCOc1ccccc1CCNC(=NC)NC1CCN(S(=O)(=O)C(F)(F)F)CC1.I. The molecule has 1 aromatic carbocycles. The molecule has 0 unspecified atom stereocenters. The molecule has 0 saturated carbocycles. The maximum Gasteiger partial charge on any atom is 0.511 e. The summed E-state index contributed by atoms with van der Waals surface area (Å²) in [7, 11) is -3.66. The topological polar surface area (TPSA) is 83.0 Å². The first-order valence-corrected chi connectivity index (χ1v) is 10.9. The molecule has 1 aromatic rings. The van der Waals surface area contributed by atoms with Gasteiger partial charge >= 0.3 is 15.5 Å². The fourth-order valence-corrected chi connectivity index (χ4v) is 4.08. The van der Waals surface area contributed by atoms with Crippen LogP contribution < -0.4 is 15.4 Å². The van der Waals surface area contributed by atoms with Crippen LogP contribution in [0.5, 0.6) is 5.75 Å². The number of alkyl halides is 3. The number of para-hydroxylation sites is 1. The zero-order valence-electron chi connectivity index (χ0n) is 16.9. The summed E-state index contributed by atoms with van der Waals surface area (Å²) in [6, 6.07) is 7.59. The van der Waals surface area contributed by atoms with Crippen molar-refractivity contribution in [2.75, 3.05) is 33.3 Å². The number of rotatable bonds is 7. The predicted octanol–water partition coefficient (Wildman–Crippen LogP) is 2.72. The molecule has 1 saturated heterocycles. The number of hydrogen-bond acceptors (Lipinski definition) is 4. The van der Waals surface area contributed by atoms with E-state index in [9.17, 15) is 21.6 Å². The average Bonchev–Trinajstić information content (AvgIpc) is 2.68.